The van der Waals surface area contributed by atoms with Crippen molar-refractivity contribution < 1.29 is 0 Å². The van der Waals surface area contributed by atoms with Crippen molar-refractivity contribution in [1.82, 2.24) is 0 Å². The summed E-state index contributed by atoms with van der Waals surface area (Å²) in [5, 5.41) is 0. The standard InChI is InChI=1S/C10H15N/c11-9-3-7-1-6-2-8(4-9)10(6,7)5-9/h6-8H,1-5,11H2/t6-,7-,8+,9-,10?. The molecule has 1 spiro atoms. The van der Waals surface area contributed by atoms with Crippen LogP contribution in [-0.4, -0.2) is 5.54 Å². The molecular weight excluding hydrogens is 134 g/mol. The third-order valence-electron chi connectivity index (χ3n) is 5.38. The summed E-state index contributed by atoms with van der Waals surface area (Å²) in [5.74, 6) is 3.28. The van der Waals surface area contributed by atoms with Crippen molar-refractivity contribution in [3.8, 4) is 0 Å². The highest BCUT2D eigenvalue weighted by Gasteiger charge is 2.76. The number of fused-ring (bicyclic) bond motifs is 1. The van der Waals surface area contributed by atoms with Gasteiger partial charge in [0, 0.05) is 5.54 Å². The Morgan fingerprint density at radius 1 is 1.00 bits per heavy atom. The molecule has 0 amide bonds. The Bertz CT molecular complexity index is 229. The minimum atomic E-state index is 0.320. The van der Waals surface area contributed by atoms with E-state index in [0.29, 0.717) is 5.54 Å². The summed E-state index contributed by atoms with van der Waals surface area (Å²) in [4.78, 5) is 0. The average Bonchev–Trinajstić information content (AvgIpc) is 2.32. The Hall–Kier alpha value is -0.0400. The van der Waals surface area contributed by atoms with E-state index in [4.69, 9.17) is 5.73 Å². The van der Waals surface area contributed by atoms with Crippen LogP contribution >= 0.6 is 0 Å². The molecule has 0 aromatic carbocycles. The van der Waals surface area contributed by atoms with E-state index < -0.39 is 0 Å². The number of hydrogen-bond acceptors (Lipinski definition) is 1. The molecule has 4 rings (SSSR count). The molecule has 0 radical (unpaired) electrons. The largest absolute Gasteiger partial charge is 0.325 e. The van der Waals surface area contributed by atoms with Gasteiger partial charge in [-0.05, 0) is 55.3 Å². The van der Waals surface area contributed by atoms with Crippen molar-refractivity contribution in [2.24, 2.45) is 28.9 Å². The lowest BCUT2D eigenvalue weighted by Crippen LogP contribution is -2.60. The highest BCUT2D eigenvalue weighted by atomic mass is 14.9. The maximum atomic E-state index is 6.33. The average molecular weight is 149 g/mol. The second-order valence-corrected chi connectivity index (χ2v) is 5.62. The van der Waals surface area contributed by atoms with Crippen LogP contribution in [0.5, 0.6) is 0 Å². The highest BCUT2D eigenvalue weighted by Crippen LogP contribution is 2.81. The van der Waals surface area contributed by atoms with E-state index >= 15 is 0 Å². The van der Waals surface area contributed by atoms with Gasteiger partial charge in [-0.3, -0.25) is 0 Å². The zero-order valence-corrected chi connectivity index (χ0v) is 6.84. The normalized spacial score (nSPS) is 75.5. The van der Waals surface area contributed by atoms with Crippen molar-refractivity contribution in [2.45, 2.75) is 37.6 Å². The Balaban J connectivity index is 1.90. The van der Waals surface area contributed by atoms with Gasteiger partial charge in [-0.1, -0.05) is 0 Å². The van der Waals surface area contributed by atoms with Crippen LogP contribution in [0.15, 0.2) is 0 Å². The zero-order valence-electron chi connectivity index (χ0n) is 6.84. The molecule has 0 aromatic rings. The second-order valence-electron chi connectivity index (χ2n) is 5.62. The Labute approximate surface area is 67.3 Å². The summed E-state index contributed by atoms with van der Waals surface area (Å²) >= 11 is 0. The SMILES string of the molecule is N[C@]12C[C@H]3C[C@@H]4C[C@@H](C1)C43C2. The smallest absolute Gasteiger partial charge is 0.0165 e. The van der Waals surface area contributed by atoms with Gasteiger partial charge in [0.1, 0.15) is 0 Å². The zero-order chi connectivity index (χ0) is 7.27. The molecular formula is C10H15N. The first kappa shape index (κ1) is 5.58. The summed E-state index contributed by atoms with van der Waals surface area (Å²) in [6.07, 6.45) is 7.23. The van der Waals surface area contributed by atoms with Gasteiger partial charge in [0.2, 0.25) is 0 Å². The molecule has 11 heavy (non-hydrogen) atoms. The fourth-order valence-corrected chi connectivity index (χ4v) is 5.14. The second kappa shape index (κ2) is 1.19. The topological polar surface area (TPSA) is 26.0 Å². The molecule has 4 saturated carbocycles. The van der Waals surface area contributed by atoms with Crippen LogP contribution in [0, 0.1) is 23.2 Å². The first-order valence-electron chi connectivity index (χ1n) is 5.02. The maximum Gasteiger partial charge on any atom is 0.0165 e. The predicted octanol–water partition coefficient (Wildman–Crippen LogP) is 1.52. The molecule has 1 unspecified atom stereocenters. The molecule has 4 fully saturated rings. The van der Waals surface area contributed by atoms with Crippen LogP contribution in [-0.2, 0) is 0 Å². The van der Waals surface area contributed by atoms with Crippen LogP contribution in [0.2, 0.25) is 0 Å². The summed E-state index contributed by atoms with van der Waals surface area (Å²) in [6, 6.07) is 0. The minimum Gasteiger partial charge on any atom is -0.325 e. The van der Waals surface area contributed by atoms with Crippen molar-refractivity contribution in [3.63, 3.8) is 0 Å². The number of nitrogens with two attached hydrogens (primary N) is 1. The molecule has 2 N–H and O–H groups in total. The molecule has 4 aliphatic carbocycles. The van der Waals surface area contributed by atoms with Crippen LogP contribution in [0.25, 0.3) is 0 Å². The first-order valence-corrected chi connectivity index (χ1v) is 5.02. The maximum absolute atomic E-state index is 6.33. The van der Waals surface area contributed by atoms with Crippen LogP contribution in [0.1, 0.15) is 32.1 Å². The van der Waals surface area contributed by atoms with Gasteiger partial charge in [-0.2, -0.15) is 0 Å². The van der Waals surface area contributed by atoms with Gasteiger partial charge in [-0.15, -0.1) is 0 Å². The monoisotopic (exact) mass is 149 g/mol. The summed E-state index contributed by atoms with van der Waals surface area (Å²) in [5.41, 5.74) is 7.49. The first-order chi connectivity index (χ1) is 5.23. The molecule has 1 heteroatoms. The van der Waals surface area contributed by atoms with Gasteiger partial charge >= 0.3 is 0 Å². The van der Waals surface area contributed by atoms with E-state index in [-0.39, 0.29) is 0 Å². The quantitative estimate of drug-likeness (QED) is 0.555. The van der Waals surface area contributed by atoms with E-state index in [1.54, 1.807) is 0 Å². The molecule has 1 nitrogen and oxygen atoms in total. The fourth-order valence-electron chi connectivity index (χ4n) is 5.14. The van der Waals surface area contributed by atoms with Crippen molar-refractivity contribution in [2.75, 3.05) is 0 Å². The Kier molecular flexibility index (Phi) is 0.602. The molecule has 0 heterocycles. The molecule has 2 bridgehead atoms. The summed E-state index contributed by atoms with van der Waals surface area (Å²) < 4.78 is 0. The van der Waals surface area contributed by atoms with Crippen molar-refractivity contribution in [1.29, 1.82) is 0 Å². The van der Waals surface area contributed by atoms with E-state index in [1.807, 2.05) is 0 Å². The molecule has 5 atom stereocenters. The number of rotatable bonds is 0. The van der Waals surface area contributed by atoms with Crippen molar-refractivity contribution >= 4 is 0 Å². The molecule has 60 valence electrons. The molecule has 0 saturated heterocycles. The predicted molar refractivity (Wildman–Crippen MR) is 42.9 cm³/mol. The van der Waals surface area contributed by atoms with E-state index in [0.717, 1.165) is 23.2 Å². The van der Waals surface area contributed by atoms with E-state index in [1.165, 1.54) is 32.1 Å². The van der Waals surface area contributed by atoms with E-state index in [9.17, 15) is 0 Å². The fraction of sp³-hybridized carbons (Fsp3) is 1.00. The van der Waals surface area contributed by atoms with Gasteiger partial charge in [0.15, 0.2) is 0 Å². The van der Waals surface area contributed by atoms with E-state index in [2.05, 4.69) is 0 Å². The Morgan fingerprint density at radius 2 is 1.64 bits per heavy atom. The van der Waals surface area contributed by atoms with Crippen LogP contribution < -0.4 is 5.73 Å². The lowest BCUT2D eigenvalue weighted by atomic mass is 9.38. The number of hydrogen-bond donors (Lipinski definition) is 1. The van der Waals surface area contributed by atoms with Crippen molar-refractivity contribution in [3.05, 3.63) is 0 Å². The van der Waals surface area contributed by atoms with Gasteiger partial charge < -0.3 is 5.73 Å². The lowest BCUT2D eigenvalue weighted by Gasteiger charge is -2.66. The van der Waals surface area contributed by atoms with Gasteiger partial charge in [0.05, 0.1) is 0 Å². The molecule has 4 aliphatic rings. The lowest BCUT2D eigenvalue weighted by molar-refractivity contribution is -0.175. The molecule has 0 aromatic heterocycles. The summed E-state index contributed by atoms with van der Waals surface area (Å²) in [7, 11) is 0. The van der Waals surface area contributed by atoms with Gasteiger partial charge in [-0.25, -0.2) is 0 Å². The minimum absolute atomic E-state index is 0.320. The summed E-state index contributed by atoms with van der Waals surface area (Å²) in [6.45, 7) is 0. The van der Waals surface area contributed by atoms with Crippen LogP contribution in [0.3, 0.4) is 0 Å². The molecule has 0 aliphatic heterocycles. The van der Waals surface area contributed by atoms with Gasteiger partial charge in [0.25, 0.3) is 0 Å². The third-order valence-corrected chi connectivity index (χ3v) is 5.38. The highest BCUT2D eigenvalue weighted by molar-refractivity contribution is 5.28. The van der Waals surface area contributed by atoms with Crippen LogP contribution in [0.4, 0.5) is 0 Å². The Morgan fingerprint density at radius 3 is 2.00 bits per heavy atom. The third kappa shape index (κ3) is 0.358.